The van der Waals surface area contributed by atoms with Crippen molar-refractivity contribution in [3.05, 3.63) is 0 Å². The van der Waals surface area contributed by atoms with Crippen LogP contribution in [0.5, 0.6) is 0 Å². The third kappa shape index (κ3) is 45.7. The summed E-state index contributed by atoms with van der Waals surface area (Å²) >= 11 is 0. The third-order valence-corrected chi connectivity index (χ3v) is 7.15. The number of Topliss-reactive ketones (excluding diaryl/α,β-unsaturated/α-hetero) is 2. The number of ketones is 2. The third-order valence-electron chi connectivity index (χ3n) is 7.15. The maximum Gasteiger partial charge on any atom is 0.320 e. The summed E-state index contributed by atoms with van der Waals surface area (Å²) in [4.78, 5) is 197. The molecule has 0 radical (unpaired) electrons. The molecule has 44 nitrogen and oxygen atoms in total. The van der Waals surface area contributed by atoms with Crippen LogP contribution in [-0.4, -0.2) is 166 Å². The van der Waals surface area contributed by atoms with Crippen molar-refractivity contribution in [2.24, 2.45) is 39.9 Å². The maximum atomic E-state index is 12.8. The lowest BCUT2D eigenvalue weighted by molar-refractivity contribution is -0.123. The van der Waals surface area contributed by atoms with Gasteiger partial charge < -0.3 is 82.9 Å². The van der Waals surface area contributed by atoms with Crippen molar-refractivity contribution in [3.63, 3.8) is 0 Å². The minimum Gasteiger partial charge on any atom is -0.412 e. The molecule has 0 aliphatic carbocycles. The quantitative estimate of drug-likeness (QED) is 0.0307. The van der Waals surface area contributed by atoms with Crippen LogP contribution in [0.1, 0.15) is 46.0 Å². The van der Waals surface area contributed by atoms with Crippen molar-refractivity contribution in [2.45, 2.75) is 96.1 Å². The van der Waals surface area contributed by atoms with E-state index in [1.165, 1.54) is 39.1 Å². The van der Waals surface area contributed by atoms with Crippen LogP contribution in [0.25, 0.3) is 0 Å². The first-order chi connectivity index (χ1) is 38.3. The number of urea groups is 5. The van der Waals surface area contributed by atoms with E-state index in [1.54, 1.807) is 13.8 Å². The van der Waals surface area contributed by atoms with E-state index < -0.39 is 92.7 Å². The molecule has 0 aromatic heterocycles. The Labute approximate surface area is 451 Å². The predicted molar refractivity (Wildman–Crippen MR) is 248 cm³/mol. The number of carbonyl (C=O) groups is 8. The van der Waals surface area contributed by atoms with Crippen molar-refractivity contribution in [1.29, 1.82) is 21.0 Å². The largest absolute Gasteiger partial charge is 0.412 e. The second kappa shape index (κ2) is 52.2. The lowest BCUT2D eigenvalue weighted by Gasteiger charge is -2.28. The van der Waals surface area contributed by atoms with Gasteiger partial charge in [-0.3, -0.25) is 14.4 Å². The highest BCUT2D eigenvalue weighted by molar-refractivity contribution is 5.86. The Bertz CT molecular complexity index is 2210. The van der Waals surface area contributed by atoms with Crippen LogP contribution in [0.2, 0.25) is 0 Å². The zero-order chi connectivity index (χ0) is 61.5. The molecule has 4 unspecified atom stereocenters. The van der Waals surface area contributed by atoms with Crippen molar-refractivity contribution in [3.8, 4) is 25.0 Å². The Hall–Kier alpha value is -12.7. The zero-order valence-corrected chi connectivity index (χ0v) is 41.7. The summed E-state index contributed by atoms with van der Waals surface area (Å²) in [6.07, 6.45) is 2.56. The van der Waals surface area contributed by atoms with Crippen LogP contribution >= 0.6 is 0 Å². The van der Waals surface area contributed by atoms with Crippen LogP contribution in [0.3, 0.4) is 0 Å². The maximum absolute atomic E-state index is 12.8. The molecule has 0 spiro atoms. The van der Waals surface area contributed by atoms with Gasteiger partial charge in [0.1, 0.15) is 17.7 Å². The van der Waals surface area contributed by atoms with Gasteiger partial charge in [0.05, 0.1) is 0 Å². The normalized spacial score (nSPS) is 15.7. The van der Waals surface area contributed by atoms with Gasteiger partial charge in [0.25, 0.3) is 25.0 Å². The number of aliphatic imine (C=N–C) groups is 8. The summed E-state index contributed by atoms with van der Waals surface area (Å²) in [7, 11) is 2.56. The highest BCUT2D eigenvalue weighted by atomic mass is 16.5. The molecule has 0 aromatic rings. The molecule has 44 heteroatoms. The number of isocyanates is 8. The molecule has 1 heterocycles. The van der Waals surface area contributed by atoms with Crippen molar-refractivity contribution in [2.75, 3.05) is 14.1 Å². The fraction of sp³-hybridized carbons (Fsp3) is 0.459. The van der Waals surface area contributed by atoms with E-state index in [4.69, 9.17) is 21.0 Å². The fourth-order valence-electron chi connectivity index (χ4n) is 4.07. The molecular formula is C37H43N23O21. The number of ether oxygens (including phenoxy) is 4. The zero-order valence-electron chi connectivity index (χ0n) is 41.7. The second-order valence-corrected chi connectivity index (χ2v) is 12.3. The Morgan fingerprint density at radius 1 is 0.481 bits per heavy atom. The predicted octanol–water partition coefficient (Wildman–Crippen LogP) is -5.81. The van der Waals surface area contributed by atoms with E-state index in [2.05, 4.69) is 117 Å². The highest BCUT2D eigenvalue weighted by Crippen LogP contribution is 2.04. The molecule has 1 aliphatic heterocycles. The van der Waals surface area contributed by atoms with Crippen molar-refractivity contribution < 1.29 is 101 Å². The van der Waals surface area contributed by atoms with Gasteiger partial charge in [0, 0.05) is 52.2 Å². The summed E-state index contributed by atoms with van der Waals surface area (Å²) in [6.45, 7) is 3.19. The Morgan fingerprint density at radius 2 is 0.753 bits per heavy atom. The Balaban J connectivity index is -0.000000376. The molecule has 13 N–H and O–H groups in total. The number of rotatable bonds is 20. The number of nitriles is 4. The van der Waals surface area contributed by atoms with E-state index in [1.807, 2.05) is 0 Å². The number of hydrogen-bond donors (Lipinski definition) is 11. The Morgan fingerprint density at radius 3 is 1.01 bits per heavy atom. The molecule has 4 atom stereocenters. The van der Waals surface area contributed by atoms with Gasteiger partial charge >= 0.3 is 55.6 Å². The molecule has 0 aromatic carbocycles. The van der Waals surface area contributed by atoms with Gasteiger partial charge in [-0.25, -0.2) is 62.3 Å². The summed E-state index contributed by atoms with van der Waals surface area (Å²) in [5.41, 5.74) is 0. The summed E-state index contributed by atoms with van der Waals surface area (Å²) < 4.78 is 15.9. The average molecular weight is 1150 g/mol. The van der Waals surface area contributed by atoms with Gasteiger partial charge in [-0.15, -0.1) is 39.9 Å². The van der Waals surface area contributed by atoms with Gasteiger partial charge in [0.15, 0.2) is 12.6 Å². The van der Waals surface area contributed by atoms with E-state index in [0.717, 1.165) is 48.6 Å². The molecule has 432 valence electrons. The van der Waals surface area contributed by atoms with E-state index in [-0.39, 0.29) is 42.7 Å². The van der Waals surface area contributed by atoms with E-state index in [0.29, 0.717) is 0 Å². The van der Waals surface area contributed by atoms with Gasteiger partial charge in [-0.2, -0.15) is 21.0 Å². The van der Waals surface area contributed by atoms with Crippen molar-refractivity contribution >= 4 is 96.3 Å². The lowest BCUT2D eigenvalue weighted by Crippen LogP contribution is -2.68. The minimum atomic E-state index is -1.55. The van der Waals surface area contributed by atoms with Crippen molar-refractivity contribution in [1.82, 2.24) is 58.5 Å². The molecule has 0 bridgehead atoms. The molecule has 1 rings (SSSR count). The molecule has 11 amide bonds. The van der Waals surface area contributed by atoms with Gasteiger partial charge in [-0.1, -0.05) is 13.8 Å². The Kier molecular flexibility index (Phi) is 49.8. The number of carbonyl (C=O) groups excluding carboxylic acids is 16. The summed E-state index contributed by atoms with van der Waals surface area (Å²) in [6, 6.07) is -5.66. The van der Waals surface area contributed by atoms with Crippen LogP contribution in [0, 0.1) is 46.1 Å². The number of amides is 11. The van der Waals surface area contributed by atoms with Gasteiger partial charge in [-0.05, 0) is 0 Å². The van der Waals surface area contributed by atoms with Crippen LogP contribution in [0.15, 0.2) is 39.9 Å². The lowest BCUT2D eigenvalue weighted by atomic mass is 10.0. The number of hydrogen-bond acceptors (Lipinski definition) is 32. The molecular weight excluding hydrogens is 1100 g/mol. The SMILES string of the molecule is CCC(=O)CC1CC(=O)NC(CC(=O)CC)NC(=O)NC(NC(=O)NC)NC(=O)NC(NC(=O)NC)NC(=O)N1.N#COC(N=C=O)N=C=O.N#COC(N=C=O)N=C=O.N#COC(N=C=O)N=C=O.N#COC(N=C=O)N=C=O.O. The highest BCUT2D eigenvalue weighted by Gasteiger charge is 2.27. The molecule has 1 saturated heterocycles. The first-order valence-corrected chi connectivity index (χ1v) is 20.5. The second-order valence-electron chi connectivity index (χ2n) is 12.3. The summed E-state index contributed by atoms with van der Waals surface area (Å²) in [5.74, 6) is -1.28. The van der Waals surface area contributed by atoms with Crippen LogP contribution in [-0.2, 0) is 71.7 Å². The molecule has 1 aliphatic rings. The molecule has 0 saturated carbocycles. The van der Waals surface area contributed by atoms with E-state index in [9.17, 15) is 76.7 Å². The first kappa shape index (κ1) is 77.2. The summed E-state index contributed by atoms with van der Waals surface area (Å²) in [5, 5.41) is 56.5. The first-order valence-electron chi connectivity index (χ1n) is 20.5. The number of nitrogens with zero attached hydrogens (tertiary/aromatic N) is 12. The number of nitrogens with one attached hydrogen (secondary N) is 11. The van der Waals surface area contributed by atoms with E-state index >= 15 is 0 Å². The average Bonchev–Trinajstić information content (AvgIpc) is 3.39. The molecule has 81 heavy (non-hydrogen) atoms. The smallest absolute Gasteiger partial charge is 0.320 e. The minimum absolute atomic E-state index is 0. The topological polar surface area (TPSA) is 668 Å². The van der Waals surface area contributed by atoms with Gasteiger partial charge in [0.2, 0.25) is 54.5 Å². The fourth-order valence-corrected chi connectivity index (χ4v) is 4.07. The monoisotopic (exact) mass is 1150 g/mol. The van der Waals surface area contributed by atoms with Crippen LogP contribution in [0.4, 0.5) is 24.0 Å². The standard InChI is InChI=1S/C21H37N11O8.4C4HN3O3.H2O/c1-5-11(33)7-10-8-14(35)25-13(9-12(34)6-2)26-20(39)30-16(28-18(37)23-4)32-21(40)31-15(27-17(36)22-3)29-19(38)24-10;4*5-1-10-4(6-2-8)7-3-9;/h10,13,15-16H,5-9H2,1-4H3,(H,25,35)(H2,22,27,36)(H2,23,28,37)(H2,24,29,38)(H2,26,30,39)(H2,31,32,40);4*4H;1H2. The van der Waals surface area contributed by atoms with Crippen LogP contribution < -0.4 is 58.5 Å². The molecule has 1 fully saturated rings.